The Bertz CT molecular complexity index is 851. The van der Waals surface area contributed by atoms with Crippen LogP contribution in [0.25, 0.3) is 0 Å². The summed E-state index contributed by atoms with van der Waals surface area (Å²) in [5, 5.41) is 29.5. The smallest absolute Gasteiger partial charge is 0.328 e. The SMILES string of the molecule is N[C@@H](CCC(=O)N(CC(=O)c1ccc(Cl)cc1)[C@@H](CS)C(=O)N[C@@H](CO)C(=O)O)C(=O)O. The summed E-state index contributed by atoms with van der Waals surface area (Å²) >= 11 is 9.85. The number of aliphatic hydroxyl groups is 1. The molecule has 13 heteroatoms. The second kappa shape index (κ2) is 13.0. The number of Topliss-reactive ketones (excluding diaryl/α,β-unsaturated/α-hetero) is 1. The van der Waals surface area contributed by atoms with E-state index < -0.39 is 60.8 Å². The van der Waals surface area contributed by atoms with Crippen molar-refractivity contribution in [2.24, 2.45) is 5.73 Å². The standard InChI is InChI=1S/C19H24ClN3O8S/c20-11-3-1-10(2-4-11)15(25)7-23(16(26)6-5-12(21)18(28)29)14(9-32)17(27)22-13(8-24)19(30)31/h1-4,12-14,24,32H,5-9,21H2,(H,22,27)(H,28,29)(H,30,31)/t12-,13-,14-/m0/s1. The summed E-state index contributed by atoms with van der Waals surface area (Å²) in [5.74, 6) is -5.36. The molecule has 0 saturated heterocycles. The maximum Gasteiger partial charge on any atom is 0.328 e. The van der Waals surface area contributed by atoms with E-state index >= 15 is 0 Å². The number of hydrogen-bond donors (Lipinski definition) is 6. The number of amides is 2. The topological polar surface area (TPSA) is 187 Å². The minimum atomic E-state index is -1.63. The molecule has 0 fully saturated rings. The highest BCUT2D eigenvalue weighted by Gasteiger charge is 2.33. The summed E-state index contributed by atoms with van der Waals surface area (Å²) < 4.78 is 0. The maximum atomic E-state index is 12.8. The number of carboxylic acids is 2. The highest BCUT2D eigenvalue weighted by molar-refractivity contribution is 7.80. The van der Waals surface area contributed by atoms with E-state index in [-0.39, 0.29) is 24.2 Å². The van der Waals surface area contributed by atoms with Crippen molar-refractivity contribution in [2.75, 3.05) is 18.9 Å². The number of carbonyl (C=O) groups is 5. The number of nitrogens with two attached hydrogens (primary N) is 1. The Balaban J connectivity index is 3.14. The van der Waals surface area contributed by atoms with E-state index in [9.17, 15) is 24.0 Å². The summed E-state index contributed by atoms with van der Waals surface area (Å²) in [4.78, 5) is 61.0. The van der Waals surface area contributed by atoms with Gasteiger partial charge in [-0.15, -0.1) is 0 Å². The number of benzene rings is 1. The van der Waals surface area contributed by atoms with Crippen molar-refractivity contribution in [2.45, 2.75) is 31.0 Å². The summed E-state index contributed by atoms with van der Waals surface area (Å²) in [5.41, 5.74) is 5.62. The van der Waals surface area contributed by atoms with Crippen molar-refractivity contribution >= 4 is 53.8 Å². The predicted molar refractivity (Wildman–Crippen MR) is 117 cm³/mol. The molecule has 1 aromatic carbocycles. The first-order valence-corrected chi connectivity index (χ1v) is 10.3. The van der Waals surface area contributed by atoms with Gasteiger partial charge in [0.15, 0.2) is 5.78 Å². The van der Waals surface area contributed by atoms with Crippen LogP contribution in [0.2, 0.25) is 5.02 Å². The average Bonchev–Trinajstić information content (AvgIpc) is 2.75. The Morgan fingerprint density at radius 3 is 2.16 bits per heavy atom. The lowest BCUT2D eigenvalue weighted by Gasteiger charge is -2.30. The largest absolute Gasteiger partial charge is 0.480 e. The third-order valence-electron chi connectivity index (χ3n) is 4.44. The number of aliphatic carboxylic acids is 2. The quantitative estimate of drug-likeness (QED) is 0.155. The fourth-order valence-corrected chi connectivity index (χ4v) is 3.07. The Kier molecular flexibility index (Phi) is 11.1. The van der Waals surface area contributed by atoms with Crippen molar-refractivity contribution in [3.8, 4) is 0 Å². The van der Waals surface area contributed by atoms with E-state index in [1.807, 2.05) is 0 Å². The predicted octanol–water partition coefficient (Wildman–Crippen LogP) is -0.596. The molecule has 176 valence electrons. The molecule has 0 saturated carbocycles. The zero-order valence-electron chi connectivity index (χ0n) is 16.8. The van der Waals surface area contributed by atoms with Gasteiger partial charge in [0.2, 0.25) is 11.8 Å². The lowest BCUT2D eigenvalue weighted by molar-refractivity contribution is -0.145. The first kappa shape index (κ1) is 27.4. The van der Waals surface area contributed by atoms with E-state index in [2.05, 4.69) is 17.9 Å². The lowest BCUT2D eigenvalue weighted by Crippen LogP contribution is -2.56. The van der Waals surface area contributed by atoms with Crippen LogP contribution in [-0.4, -0.2) is 86.8 Å². The molecule has 11 nitrogen and oxygen atoms in total. The fraction of sp³-hybridized carbons (Fsp3) is 0.421. The molecule has 0 spiro atoms. The van der Waals surface area contributed by atoms with Gasteiger partial charge in [0.25, 0.3) is 0 Å². The molecule has 1 aromatic rings. The molecule has 0 radical (unpaired) electrons. The van der Waals surface area contributed by atoms with Crippen molar-refractivity contribution in [3.05, 3.63) is 34.9 Å². The van der Waals surface area contributed by atoms with Crippen LogP contribution in [0.5, 0.6) is 0 Å². The fourth-order valence-electron chi connectivity index (χ4n) is 2.58. The van der Waals surface area contributed by atoms with Gasteiger partial charge < -0.3 is 31.3 Å². The Hall–Kier alpha value is -2.67. The van der Waals surface area contributed by atoms with Crippen molar-refractivity contribution in [1.82, 2.24) is 10.2 Å². The molecule has 2 amide bonds. The molecule has 1 rings (SSSR count). The van der Waals surface area contributed by atoms with Crippen LogP contribution in [0.4, 0.5) is 0 Å². The molecule has 0 aliphatic carbocycles. The lowest BCUT2D eigenvalue weighted by atomic mass is 10.1. The number of carbonyl (C=O) groups excluding carboxylic acids is 3. The summed E-state index contributed by atoms with van der Waals surface area (Å²) in [6, 6.07) is 1.45. The van der Waals surface area contributed by atoms with E-state index in [0.29, 0.717) is 5.02 Å². The number of hydrogen-bond acceptors (Lipinski definition) is 8. The van der Waals surface area contributed by atoms with Gasteiger partial charge in [0.1, 0.15) is 18.1 Å². The number of halogens is 1. The van der Waals surface area contributed by atoms with Crippen LogP contribution in [0.15, 0.2) is 24.3 Å². The zero-order chi connectivity index (χ0) is 24.4. The molecule has 32 heavy (non-hydrogen) atoms. The molecule has 0 aliphatic heterocycles. The second-order valence-corrected chi connectivity index (χ2v) is 7.52. The third kappa shape index (κ3) is 8.11. The molecular formula is C19H24ClN3O8S. The number of nitrogens with one attached hydrogen (secondary N) is 1. The van der Waals surface area contributed by atoms with E-state index in [4.69, 9.17) is 32.7 Å². The third-order valence-corrected chi connectivity index (χ3v) is 5.03. The molecule has 0 aliphatic rings. The van der Waals surface area contributed by atoms with Gasteiger partial charge in [-0.05, 0) is 30.7 Å². The molecule has 0 unspecified atom stereocenters. The average molecular weight is 490 g/mol. The number of ketones is 1. The normalized spacial score (nSPS) is 13.5. The number of rotatable bonds is 13. The van der Waals surface area contributed by atoms with E-state index in [1.165, 1.54) is 24.3 Å². The molecule has 0 aromatic heterocycles. The minimum absolute atomic E-state index is 0.200. The van der Waals surface area contributed by atoms with Crippen LogP contribution in [0.1, 0.15) is 23.2 Å². The summed E-state index contributed by atoms with van der Waals surface area (Å²) in [6.45, 7) is -1.47. The zero-order valence-corrected chi connectivity index (χ0v) is 18.5. The Morgan fingerprint density at radius 2 is 1.69 bits per heavy atom. The number of nitrogens with zero attached hydrogens (tertiary/aromatic N) is 1. The van der Waals surface area contributed by atoms with Crippen LogP contribution < -0.4 is 11.1 Å². The Morgan fingerprint density at radius 1 is 1.09 bits per heavy atom. The van der Waals surface area contributed by atoms with Gasteiger partial charge in [-0.1, -0.05) is 11.6 Å². The van der Waals surface area contributed by atoms with Crippen molar-refractivity contribution in [1.29, 1.82) is 0 Å². The van der Waals surface area contributed by atoms with Gasteiger partial charge in [-0.2, -0.15) is 12.6 Å². The molecule has 6 N–H and O–H groups in total. The van der Waals surface area contributed by atoms with Crippen molar-refractivity contribution in [3.63, 3.8) is 0 Å². The van der Waals surface area contributed by atoms with Gasteiger partial charge in [-0.25, -0.2) is 4.79 Å². The number of thiol groups is 1. The van der Waals surface area contributed by atoms with Gasteiger partial charge >= 0.3 is 11.9 Å². The summed E-state index contributed by atoms with van der Waals surface area (Å²) in [7, 11) is 0. The van der Waals surface area contributed by atoms with E-state index in [1.54, 1.807) is 0 Å². The van der Waals surface area contributed by atoms with Gasteiger partial charge in [0, 0.05) is 22.8 Å². The molecule has 3 atom stereocenters. The number of carboxylic acid groups (broad SMARTS) is 2. The highest BCUT2D eigenvalue weighted by atomic mass is 35.5. The minimum Gasteiger partial charge on any atom is -0.480 e. The van der Waals surface area contributed by atoms with Crippen LogP contribution >= 0.6 is 24.2 Å². The number of aliphatic hydroxyl groups excluding tert-OH is 1. The molecule has 0 bridgehead atoms. The second-order valence-electron chi connectivity index (χ2n) is 6.72. The van der Waals surface area contributed by atoms with Crippen LogP contribution in [0, 0.1) is 0 Å². The van der Waals surface area contributed by atoms with Crippen LogP contribution in [-0.2, 0) is 19.2 Å². The van der Waals surface area contributed by atoms with Crippen LogP contribution in [0.3, 0.4) is 0 Å². The maximum absolute atomic E-state index is 12.8. The Labute approximate surface area is 193 Å². The molecule has 0 heterocycles. The summed E-state index contributed by atoms with van der Waals surface area (Å²) in [6.07, 6.45) is -0.642. The van der Waals surface area contributed by atoms with Crippen molar-refractivity contribution < 1.29 is 39.3 Å². The van der Waals surface area contributed by atoms with Gasteiger partial charge in [0.05, 0.1) is 13.2 Å². The highest BCUT2D eigenvalue weighted by Crippen LogP contribution is 2.14. The first-order chi connectivity index (χ1) is 15.0. The first-order valence-electron chi connectivity index (χ1n) is 9.33. The molecular weight excluding hydrogens is 466 g/mol. The van der Waals surface area contributed by atoms with Gasteiger partial charge in [-0.3, -0.25) is 19.2 Å². The van der Waals surface area contributed by atoms with E-state index in [0.717, 1.165) is 4.90 Å². The monoisotopic (exact) mass is 489 g/mol.